The van der Waals surface area contributed by atoms with E-state index >= 15 is 0 Å². The fraction of sp³-hybridized carbons (Fsp3) is 0.375. The van der Waals surface area contributed by atoms with Crippen molar-refractivity contribution in [3.8, 4) is 0 Å². The van der Waals surface area contributed by atoms with Gasteiger partial charge in [0, 0.05) is 12.5 Å². The highest BCUT2D eigenvalue weighted by Crippen LogP contribution is 2.33. The molecular formula is C24H25BrFNO3. The highest BCUT2D eigenvalue weighted by Gasteiger charge is 2.31. The standard InChI is InChI=1S/C24H25BrFNO3/c1-16-6-7-17(10-21(16)26)12-27-22-5-3-2-4-19(22)11-20(23(25)24(27)28)15-30-14-18-8-9-29-13-18/h2-7,10-11,18,23H,8-9,12-15H2,1H3. The molecule has 2 unspecified atom stereocenters. The second-order valence-electron chi connectivity index (χ2n) is 7.89. The third-order valence-corrected chi connectivity index (χ3v) is 6.58. The molecule has 0 N–H and O–H groups in total. The quantitative estimate of drug-likeness (QED) is 0.561. The van der Waals surface area contributed by atoms with Crippen LogP contribution in [0.15, 0.2) is 48.0 Å². The van der Waals surface area contributed by atoms with Crippen LogP contribution in [0.5, 0.6) is 0 Å². The number of ether oxygens (including phenoxy) is 2. The van der Waals surface area contributed by atoms with Crippen molar-refractivity contribution in [2.75, 3.05) is 31.3 Å². The zero-order valence-electron chi connectivity index (χ0n) is 16.9. The summed E-state index contributed by atoms with van der Waals surface area (Å²) in [6, 6.07) is 12.9. The van der Waals surface area contributed by atoms with Crippen molar-refractivity contribution in [1.82, 2.24) is 0 Å². The van der Waals surface area contributed by atoms with Crippen molar-refractivity contribution in [3.63, 3.8) is 0 Å². The number of benzene rings is 2. The van der Waals surface area contributed by atoms with E-state index in [0.717, 1.165) is 42.0 Å². The summed E-state index contributed by atoms with van der Waals surface area (Å²) < 4.78 is 25.4. The third kappa shape index (κ3) is 4.66. The lowest BCUT2D eigenvalue weighted by Gasteiger charge is -2.25. The molecule has 0 spiro atoms. The van der Waals surface area contributed by atoms with Gasteiger partial charge in [0.2, 0.25) is 5.91 Å². The number of para-hydroxylation sites is 1. The van der Waals surface area contributed by atoms with Crippen LogP contribution in [0.25, 0.3) is 6.08 Å². The Balaban J connectivity index is 1.56. The van der Waals surface area contributed by atoms with Crippen LogP contribution < -0.4 is 4.90 Å². The third-order valence-electron chi connectivity index (χ3n) is 5.60. The van der Waals surface area contributed by atoms with Gasteiger partial charge in [-0.1, -0.05) is 46.3 Å². The number of carbonyl (C=O) groups excluding carboxylic acids is 1. The van der Waals surface area contributed by atoms with Gasteiger partial charge in [0.05, 0.1) is 32.1 Å². The van der Waals surface area contributed by atoms with Gasteiger partial charge in [-0.25, -0.2) is 4.39 Å². The number of rotatable bonds is 6. The Morgan fingerprint density at radius 3 is 2.87 bits per heavy atom. The number of fused-ring (bicyclic) bond motifs is 1. The molecule has 0 radical (unpaired) electrons. The molecular weight excluding hydrogens is 449 g/mol. The number of halogens is 2. The molecule has 4 nitrogen and oxygen atoms in total. The van der Waals surface area contributed by atoms with Crippen molar-refractivity contribution in [3.05, 3.63) is 70.5 Å². The van der Waals surface area contributed by atoms with Crippen LogP contribution in [-0.4, -0.2) is 37.2 Å². The van der Waals surface area contributed by atoms with E-state index in [1.807, 2.05) is 36.4 Å². The lowest BCUT2D eigenvalue weighted by Crippen LogP contribution is -2.37. The number of hydrogen-bond acceptors (Lipinski definition) is 3. The Bertz CT molecular complexity index is 955. The monoisotopic (exact) mass is 473 g/mol. The molecule has 4 rings (SSSR count). The number of amides is 1. The minimum atomic E-state index is -0.500. The van der Waals surface area contributed by atoms with Crippen molar-refractivity contribution in [2.24, 2.45) is 5.92 Å². The number of aryl methyl sites for hydroxylation is 1. The molecule has 0 bridgehead atoms. The molecule has 1 fully saturated rings. The minimum Gasteiger partial charge on any atom is -0.381 e. The molecule has 2 aliphatic rings. The first kappa shape index (κ1) is 21.2. The van der Waals surface area contributed by atoms with Crippen LogP contribution in [0.3, 0.4) is 0 Å². The summed E-state index contributed by atoms with van der Waals surface area (Å²) in [7, 11) is 0. The van der Waals surface area contributed by atoms with E-state index in [9.17, 15) is 9.18 Å². The molecule has 0 aromatic heterocycles. The van der Waals surface area contributed by atoms with Crippen molar-refractivity contribution in [1.29, 1.82) is 0 Å². The molecule has 2 aromatic rings. The Kier molecular flexibility index (Phi) is 6.66. The second kappa shape index (κ2) is 9.41. The SMILES string of the molecule is Cc1ccc(CN2C(=O)C(Br)C(COCC3CCOC3)=Cc3ccccc32)cc1F. The topological polar surface area (TPSA) is 38.8 Å². The summed E-state index contributed by atoms with van der Waals surface area (Å²) in [5.74, 6) is 0.0719. The number of anilines is 1. The highest BCUT2D eigenvalue weighted by molar-refractivity contribution is 9.10. The van der Waals surface area contributed by atoms with Crippen LogP contribution >= 0.6 is 15.9 Å². The smallest absolute Gasteiger partial charge is 0.245 e. The molecule has 2 aromatic carbocycles. The lowest BCUT2D eigenvalue weighted by atomic mass is 10.1. The lowest BCUT2D eigenvalue weighted by molar-refractivity contribution is -0.117. The Morgan fingerprint density at radius 2 is 2.10 bits per heavy atom. The Morgan fingerprint density at radius 1 is 1.27 bits per heavy atom. The zero-order valence-corrected chi connectivity index (χ0v) is 18.5. The summed E-state index contributed by atoms with van der Waals surface area (Å²) in [4.78, 5) is 14.6. The molecule has 0 aliphatic carbocycles. The zero-order chi connectivity index (χ0) is 21.1. The van der Waals surface area contributed by atoms with Crippen LogP contribution in [0.1, 0.15) is 23.1 Å². The Hall–Kier alpha value is -2.02. The van der Waals surface area contributed by atoms with E-state index in [4.69, 9.17) is 9.47 Å². The maximum atomic E-state index is 14.1. The summed E-state index contributed by atoms with van der Waals surface area (Å²) in [6.45, 7) is 4.56. The minimum absolute atomic E-state index is 0.0833. The van der Waals surface area contributed by atoms with Crippen molar-refractivity contribution in [2.45, 2.75) is 24.7 Å². The predicted octanol–water partition coefficient (Wildman–Crippen LogP) is 4.88. The van der Waals surface area contributed by atoms with E-state index in [0.29, 0.717) is 31.2 Å². The van der Waals surface area contributed by atoms with Crippen LogP contribution in [0, 0.1) is 18.7 Å². The molecule has 2 heterocycles. The predicted molar refractivity (Wildman–Crippen MR) is 119 cm³/mol. The van der Waals surface area contributed by atoms with Crippen LogP contribution in [0.2, 0.25) is 0 Å². The molecule has 6 heteroatoms. The van der Waals surface area contributed by atoms with Crippen LogP contribution in [-0.2, 0) is 20.8 Å². The van der Waals surface area contributed by atoms with Gasteiger partial charge >= 0.3 is 0 Å². The molecule has 1 amide bonds. The maximum Gasteiger partial charge on any atom is 0.245 e. The fourth-order valence-electron chi connectivity index (χ4n) is 3.80. The first-order valence-corrected chi connectivity index (χ1v) is 11.1. The molecule has 30 heavy (non-hydrogen) atoms. The summed E-state index contributed by atoms with van der Waals surface area (Å²) in [5, 5.41) is 0. The van der Waals surface area contributed by atoms with Gasteiger partial charge in [-0.05, 0) is 53.8 Å². The number of alkyl halides is 1. The highest BCUT2D eigenvalue weighted by atomic mass is 79.9. The van der Waals surface area contributed by atoms with Gasteiger partial charge in [0.1, 0.15) is 10.6 Å². The molecule has 0 saturated carbocycles. The van der Waals surface area contributed by atoms with E-state index in [-0.39, 0.29) is 11.7 Å². The van der Waals surface area contributed by atoms with Crippen molar-refractivity contribution < 1.29 is 18.7 Å². The van der Waals surface area contributed by atoms with Gasteiger partial charge in [-0.15, -0.1) is 0 Å². The number of hydrogen-bond donors (Lipinski definition) is 0. The van der Waals surface area contributed by atoms with Crippen molar-refractivity contribution >= 4 is 33.6 Å². The van der Waals surface area contributed by atoms with E-state index in [2.05, 4.69) is 15.9 Å². The van der Waals surface area contributed by atoms with Gasteiger partial charge in [-0.2, -0.15) is 0 Å². The van der Waals surface area contributed by atoms with Crippen LogP contribution in [0.4, 0.5) is 10.1 Å². The van der Waals surface area contributed by atoms with Gasteiger partial charge < -0.3 is 14.4 Å². The maximum absolute atomic E-state index is 14.1. The molecule has 2 atom stereocenters. The summed E-state index contributed by atoms with van der Waals surface area (Å²) in [5.41, 5.74) is 3.98. The first-order chi connectivity index (χ1) is 14.5. The van der Waals surface area contributed by atoms with E-state index in [1.165, 1.54) is 6.07 Å². The molecule has 1 saturated heterocycles. The van der Waals surface area contributed by atoms with Gasteiger partial charge in [0.15, 0.2) is 0 Å². The second-order valence-corrected chi connectivity index (χ2v) is 8.81. The molecule has 2 aliphatic heterocycles. The van der Waals surface area contributed by atoms with Gasteiger partial charge in [0.25, 0.3) is 0 Å². The molecule has 158 valence electrons. The first-order valence-electron chi connectivity index (χ1n) is 10.2. The summed E-state index contributed by atoms with van der Waals surface area (Å²) in [6.07, 6.45) is 3.03. The Labute approximate surface area is 184 Å². The number of nitrogens with zero attached hydrogens (tertiary/aromatic N) is 1. The van der Waals surface area contributed by atoms with Gasteiger partial charge in [-0.3, -0.25) is 4.79 Å². The normalized spacial score (nSPS) is 21.4. The summed E-state index contributed by atoms with van der Waals surface area (Å²) >= 11 is 3.58. The van der Waals surface area contributed by atoms with E-state index < -0.39 is 4.83 Å². The largest absolute Gasteiger partial charge is 0.381 e. The average Bonchev–Trinajstić information content (AvgIpc) is 3.24. The number of carbonyl (C=O) groups is 1. The average molecular weight is 474 g/mol. The fourth-order valence-corrected chi connectivity index (χ4v) is 4.31. The van der Waals surface area contributed by atoms with E-state index in [1.54, 1.807) is 17.9 Å².